The molecule has 0 radical (unpaired) electrons. The fourth-order valence-corrected chi connectivity index (χ4v) is 0.765. The summed E-state index contributed by atoms with van der Waals surface area (Å²) >= 11 is 0. The van der Waals surface area contributed by atoms with Crippen molar-refractivity contribution in [3.8, 4) is 0 Å². The largest absolute Gasteiger partial charge is 1.00 e. The normalized spacial score (nSPS) is 9.54. The van der Waals surface area contributed by atoms with Crippen molar-refractivity contribution in [3.63, 3.8) is 0 Å². The van der Waals surface area contributed by atoms with Crippen LogP contribution in [0.15, 0.2) is 35.3 Å². The Morgan fingerprint density at radius 3 is 2.54 bits per heavy atom. The molecule has 0 aliphatic rings. The van der Waals surface area contributed by atoms with Gasteiger partial charge in [0.15, 0.2) is 0 Å². The van der Waals surface area contributed by atoms with Crippen molar-refractivity contribution in [2.24, 2.45) is 4.99 Å². The molecule has 1 rings (SSSR count). The Labute approximate surface area is 119 Å². The van der Waals surface area contributed by atoms with Crippen LogP contribution in [-0.4, -0.2) is 18.7 Å². The first-order valence-corrected chi connectivity index (χ1v) is 3.54. The van der Waals surface area contributed by atoms with Crippen molar-refractivity contribution in [1.82, 2.24) is 0 Å². The maximum Gasteiger partial charge on any atom is 1.00 e. The summed E-state index contributed by atoms with van der Waals surface area (Å²) in [5, 5.41) is 9.96. The second-order valence-corrected chi connectivity index (χ2v) is 2.25. The van der Waals surface area contributed by atoms with Crippen LogP contribution in [0.2, 0.25) is 0 Å². The van der Waals surface area contributed by atoms with Crippen LogP contribution in [0.25, 0.3) is 0 Å². The summed E-state index contributed by atoms with van der Waals surface area (Å²) in [6, 6.07) is 9.30. The van der Waals surface area contributed by atoms with Gasteiger partial charge in [-0.3, -0.25) is 4.99 Å². The molecule has 0 aliphatic carbocycles. The van der Waals surface area contributed by atoms with Gasteiger partial charge in [0.25, 0.3) is 0 Å². The number of hydrogen-bond donors (Lipinski definition) is 0. The first-order valence-electron chi connectivity index (χ1n) is 3.54. The zero-order valence-electron chi connectivity index (χ0n) is 7.43. The van der Waals surface area contributed by atoms with Gasteiger partial charge in [0.2, 0.25) is 0 Å². The number of nitrogens with zero attached hydrogens (tertiary/aromatic N) is 1. The smallest absolute Gasteiger partial charge is 0.548 e. The Bertz CT molecular complexity index is 285. The number of carbonyl (C=O) groups excluding carboxylic acids is 1. The average molecular weight is 201 g/mol. The van der Waals surface area contributed by atoms with E-state index in [-0.39, 0.29) is 57.9 Å². The molecule has 0 unspecified atom stereocenters. The minimum Gasteiger partial charge on any atom is -0.548 e. The van der Waals surface area contributed by atoms with E-state index in [0.717, 1.165) is 5.56 Å². The Morgan fingerprint density at radius 1 is 1.38 bits per heavy atom. The number of carboxylic acid groups (broad SMARTS) is 1. The summed E-state index contributed by atoms with van der Waals surface area (Å²) in [6.07, 6.45) is 1.51. The summed E-state index contributed by atoms with van der Waals surface area (Å²) in [5.74, 6) is -1.16. The van der Waals surface area contributed by atoms with E-state index in [0.29, 0.717) is 0 Å². The molecule has 0 saturated heterocycles. The van der Waals surface area contributed by atoms with Crippen molar-refractivity contribution >= 4 is 12.2 Å². The van der Waals surface area contributed by atoms with Gasteiger partial charge in [-0.25, -0.2) is 0 Å². The number of aliphatic carboxylic acids is 1. The fraction of sp³-hybridized carbons (Fsp3) is 0.111. The SMILES string of the molecule is O=C([O-])CN=Cc1ccccc1.[K+]. The van der Waals surface area contributed by atoms with E-state index in [9.17, 15) is 9.90 Å². The third-order valence-corrected chi connectivity index (χ3v) is 1.26. The van der Waals surface area contributed by atoms with E-state index < -0.39 is 5.97 Å². The molecular weight excluding hydrogens is 193 g/mol. The topological polar surface area (TPSA) is 52.5 Å². The maximum absolute atomic E-state index is 9.96. The molecule has 13 heavy (non-hydrogen) atoms. The Kier molecular flexibility index (Phi) is 7.40. The Balaban J connectivity index is 0.00000144. The van der Waals surface area contributed by atoms with Gasteiger partial charge in [-0.05, 0) is 5.56 Å². The van der Waals surface area contributed by atoms with Crippen molar-refractivity contribution in [2.45, 2.75) is 0 Å². The predicted molar refractivity (Wildman–Crippen MR) is 43.9 cm³/mol. The van der Waals surface area contributed by atoms with E-state index in [4.69, 9.17) is 0 Å². The van der Waals surface area contributed by atoms with E-state index in [1.165, 1.54) is 6.21 Å². The standard InChI is InChI=1S/C9H9NO2.K/c11-9(12)7-10-6-8-4-2-1-3-5-8;/h1-6H,7H2,(H,11,12);/q;+1/p-1. The van der Waals surface area contributed by atoms with Crippen LogP contribution >= 0.6 is 0 Å². The molecule has 0 N–H and O–H groups in total. The minimum atomic E-state index is -1.16. The molecule has 0 amide bonds. The number of benzene rings is 1. The monoisotopic (exact) mass is 201 g/mol. The van der Waals surface area contributed by atoms with Crippen molar-refractivity contribution in [2.75, 3.05) is 6.54 Å². The molecular formula is C9H8KNO2. The van der Waals surface area contributed by atoms with Crippen molar-refractivity contribution < 1.29 is 61.3 Å². The van der Waals surface area contributed by atoms with Crippen LogP contribution in [0.4, 0.5) is 0 Å². The van der Waals surface area contributed by atoms with Gasteiger partial charge < -0.3 is 9.90 Å². The third kappa shape index (κ3) is 6.12. The summed E-state index contributed by atoms with van der Waals surface area (Å²) in [7, 11) is 0. The first kappa shape index (κ1) is 13.0. The fourth-order valence-electron chi connectivity index (χ4n) is 0.765. The molecule has 62 valence electrons. The number of carbonyl (C=O) groups is 1. The van der Waals surface area contributed by atoms with Crippen LogP contribution in [-0.2, 0) is 4.79 Å². The van der Waals surface area contributed by atoms with E-state index in [1.807, 2.05) is 30.3 Å². The summed E-state index contributed by atoms with van der Waals surface area (Å²) in [5.41, 5.74) is 0.888. The van der Waals surface area contributed by atoms with Crippen LogP contribution in [0, 0.1) is 0 Å². The Morgan fingerprint density at radius 2 is 2.00 bits per heavy atom. The molecule has 1 aromatic rings. The quantitative estimate of drug-likeness (QED) is 0.383. The van der Waals surface area contributed by atoms with E-state index in [1.54, 1.807) is 0 Å². The van der Waals surface area contributed by atoms with Crippen molar-refractivity contribution in [1.29, 1.82) is 0 Å². The van der Waals surface area contributed by atoms with Crippen LogP contribution in [0.5, 0.6) is 0 Å². The maximum atomic E-state index is 9.96. The summed E-state index contributed by atoms with van der Waals surface area (Å²) < 4.78 is 0. The third-order valence-electron chi connectivity index (χ3n) is 1.26. The molecule has 3 nitrogen and oxygen atoms in total. The number of rotatable bonds is 3. The zero-order chi connectivity index (χ0) is 8.81. The van der Waals surface area contributed by atoms with E-state index >= 15 is 0 Å². The number of hydrogen-bond acceptors (Lipinski definition) is 3. The van der Waals surface area contributed by atoms with Crippen LogP contribution in [0.3, 0.4) is 0 Å². The molecule has 0 bridgehead atoms. The molecule has 0 heterocycles. The summed E-state index contributed by atoms with van der Waals surface area (Å²) in [4.78, 5) is 13.6. The van der Waals surface area contributed by atoms with Gasteiger partial charge in [-0.2, -0.15) is 0 Å². The van der Waals surface area contributed by atoms with Crippen LogP contribution < -0.4 is 56.5 Å². The van der Waals surface area contributed by atoms with Crippen LogP contribution in [0.1, 0.15) is 5.56 Å². The number of carboxylic acids is 1. The van der Waals surface area contributed by atoms with Crippen molar-refractivity contribution in [3.05, 3.63) is 35.9 Å². The van der Waals surface area contributed by atoms with Gasteiger partial charge in [-0.15, -0.1) is 0 Å². The molecule has 0 saturated carbocycles. The second kappa shape index (κ2) is 7.40. The van der Waals surface area contributed by atoms with Gasteiger partial charge in [0.05, 0.1) is 12.5 Å². The molecule has 0 atom stereocenters. The molecule has 0 fully saturated rings. The van der Waals surface area contributed by atoms with E-state index in [2.05, 4.69) is 4.99 Å². The molecule has 0 spiro atoms. The molecule has 0 aromatic heterocycles. The Hall–Kier alpha value is -0.00364. The summed E-state index contributed by atoms with van der Waals surface area (Å²) in [6.45, 7) is -0.283. The second-order valence-electron chi connectivity index (χ2n) is 2.25. The minimum absolute atomic E-state index is 0. The van der Waals surface area contributed by atoms with Gasteiger partial charge in [0, 0.05) is 6.21 Å². The molecule has 1 aromatic carbocycles. The zero-order valence-corrected chi connectivity index (χ0v) is 10.6. The first-order chi connectivity index (χ1) is 5.79. The van der Waals surface area contributed by atoms with Gasteiger partial charge >= 0.3 is 51.4 Å². The molecule has 0 aliphatic heterocycles. The molecule has 4 heteroatoms. The predicted octanol–water partition coefficient (Wildman–Crippen LogP) is -3.14. The average Bonchev–Trinajstić information content (AvgIpc) is 2.05. The van der Waals surface area contributed by atoms with Gasteiger partial charge in [-0.1, -0.05) is 30.3 Å². The van der Waals surface area contributed by atoms with Gasteiger partial charge in [0.1, 0.15) is 0 Å². The number of aliphatic imine (C=N–C) groups is 1.